The summed E-state index contributed by atoms with van der Waals surface area (Å²) in [6, 6.07) is 62.6. The first-order chi connectivity index (χ1) is 28.0. The molecule has 12 aromatic rings. The zero-order valence-electron chi connectivity index (χ0n) is 32.0. The van der Waals surface area contributed by atoms with Crippen molar-refractivity contribution in [1.29, 1.82) is 0 Å². The molecule has 0 aliphatic heterocycles. The highest BCUT2D eigenvalue weighted by molar-refractivity contribution is 6.25. The minimum absolute atomic E-state index is 1.03. The maximum Gasteiger partial charge on any atom is 0.0541 e. The fourth-order valence-corrected chi connectivity index (χ4v) is 10.2. The molecule has 0 aliphatic rings. The van der Waals surface area contributed by atoms with Gasteiger partial charge in [0, 0.05) is 55.4 Å². The molecule has 3 aromatic heterocycles. The van der Waals surface area contributed by atoms with E-state index in [2.05, 4.69) is 200 Å². The minimum Gasteiger partial charge on any atom is -0.309 e. The second-order valence-electron chi connectivity index (χ2n) is 15.6. The van der Waals surface area contributed by atoms with E-state index in [1.807, 2.05) is 0 Å². The van der Waals surface area contributed by atoms with Gasteiger partial charge in [-0.15, -0.1) is 0 Å². The van der Waals surface area contributed by atoms with Crippen molar-refractivity contribution in [2.75, 3.05) is 0 Å². The fourth-order valence-electron chi connectivity index (χ4n) is 10.2. The van der Waals surface area contributed by atoms with Gasteiger partial charge in [-0.05, 0) is 112 Å². The van der Waals surface area contributed by atoms with Gasteiger partial charge in [-0.1, -0.05) is 127 Å². The first-order valence-corrected chi connectivity index (χ1v) is 19.8. The van der Waals surface area contributed by atoms with Crippen molar-refractivity contribution in [3.63, 3.8) is 0 Å². The van der Waals surface area contributed by atoms with Gasteiger partial charge in [0.15, 0.2) is 0 Å². The first-order valence-electron chi connectivity index (χ1n) is 19.8. The maximum absolute atomic E-state index is 5.37. The Morgan fingerprint density at radius 2 is 0.807 bits per heavy atom. The molecule has 0 bridgehead atoms. The van der Waals surface area contributed by atoms with E-state index >= 15 is 0 Å². The van der Waals surface area contributed by atoms with Crippen LogP contribution in [0.1, 0.15) is 17.0 Å². The molecule has 0 fully saturated rings. The lowest BCUT2D eigenvalue weighted by Gasteiger charge is -2.21. The van der Waals surface area contributed by atoms with Crippen molar-refractivity contribution in [3.05, 3.63) is 187 Å². The van der Waals surface area contributed by atoms with E-state index in [1.165, 1.54) is 98.2 Å². The van der Waals surface area contributed by atoms with Crippen LogP contribution in [0.3, 0.4) is 0 Å². The van der Waals surface area contributed by atoms with Crippen molar-refractivity contribution >= 4 is 75.9 Å². The number of nitrogens with zero attached hydrogens (tertiary/aromatic N) is 3. The summed E-state index contributed by atoms with van der Waals surface area (Å²) in [5.41, 5.74) is 15.0. The molecule has 0 unspecified atom stereocenters. The zero-order chi connectivity index (χ0) is 37.9. The molecule has 3 heteroatoms. The van der Waals surface area contributed by atoms with E-state index in [0.29, 0.717) is 0 Å². The Balaban J connectivity index is 1.18. The standard InChI is InChI=1S/C54H37N3/c1-32-51(33(2)55-34(3)52(32)45-27-26-37-24-23-35-13-12-14-36-25-28-46(45)54(37)53(35)36)38-29-39(56-47-19-8-4-15-41(47)42-16-5-9-20-48(42)56)31-40(30-38)57-49-21-10-6-17-43(49)44-18-7-11-22-50(44)57/h4-31H,1-3H3. The first kappa shape index (κ1) is 32.1. The third kappa shape index (κ3) is 4.51. The smallest absolute Gasteiger partial charge is 0.0541 e. The summed E-state index contributed by atoms with van der Waals surface area (Å²) in [5.74, 6) is 0. The predicted molar refractivity (Wildman–Crippen MR) is 242 cm³/mol. The summed E-state index contributed by atoms with van der Waals surface area (Å²) in [6.45, 7) is 6.66. The van der Waals surface area contributed by atoms with Gasteiger partial charge in [0.05, 0.1) is 22.1 Å². The van der Waals surface area contributed by atoms with Crippen LogP contribution < -0.4 is 0 Å². The molecule has 0 atom stereocenters. The number of rotatable bonds is 4. The SMILES string of the molecule is Cc1nc(C)c(-c2ccc3ccc4cccc5ccc2c3c45)c(C)c1-c1cc(-n2c3ccccc3c3ccccc32)cc(-n2c3ccccc3c3ccccc32)c1. The van der Waals surface area contributed by atoms with E-state index < -0.39 is 0 Å². The van der Waals surface area contributed by atoms with Crippen LogP contribution in [0.2, 0.25) is 0 Å². The molecule has 0 radical (unpaired) electrons. The van der Waals surface area contributed by atoms with Crippen LogP contribution in [0.4, 0.5) is 0 Å². The van der Waals surface area contributed by atoms with Gasteiger partial charge < -0.3 is 9.13 Å². The topological polar surface area (TPSA) is 22.8 Å². The van der Waals surface area contributed by atoms with Crippen LogP contribution in [-0.2, 0) is 0 Å². The molecule has 0 N–H and O–H groups in total. The maximum atomic E-state index is 5.37. The molecule has 3 nitrogen and oxygen atoms in total. The summed E-state index contributed by atoms with van der Waals surface area (Å²) in [6.07, 6.45) is 0. The monoisotopic (exact) mass is 727 g/mol. The average Bonchev–Trinajstić information content (AvgIpc) is 3.76. The molecule has 9 aromatic carbocycles. The second kappa shape index (κ2) is 11.9. The number of fused-ring (bicyclic) bond motifs is 6. The van der Waals surface area contributed by atoms with E-state index in [9.17, 15) is 0 Å². The van der Waals surface area contributed by atoms with Gasteiger partial charge in [0.2, 0.25) is 0 Å². The third-order valence-electron chi connectivity index (χ3n) is 12.5. The van der Waals surface area contributed by atoms with E-state index in [0.717, 1.165) is 28.3 Å². The zero-order valence-corrected chi connectivity index (χ0v) is 32.0. The molecule has 57 heavy (non-hydrogen) atoms. The molecule has 0 aliphatic carbocycles. The molecular formula is C54H37N3. The molecule has 0 spiro atoms. The van der Waals surface area contributed by atoms with Crippen molar-refractivity contribution in [3.8, 4) is 33.6 Å². The van der Waals surface area contributed by atoms with Gasteiger partial charge in [-0.2, -0.15) is 0 Å². The van der Waals surface area contributed by atoms with E-state index in [1.54, 1.807) is 0 Å². The lowest BCUT2D eigenvalue weighted by molar-refractivity contribution is 1.10. The Morgan fingerprint density at radius 1 is 0.368 bits per heavy atom. The number of aromatic nitrogens is 3. The Labute approximate surface area is 330 Å². The van der Waals surface area contributed by atoms with Gasteiger partial charge >= 0.3 is 0 Å². The lowest BCUT2D eigenvalue weighted by atomic mass is 9.86. The summed E-state index contributed by atoms with van der Waals surface area (Å²) >= 11 is 0. The Bertz CT molecular complexity index is 3360. The summed E-state index contributed by atoms with van der Waals surface area (Å²) < 4.78 is 4.89. The lowest BCUT2D eigenvalue weighted by Crippen LogP contribution is -2.03. The van der Waals surface area contributed by atoms with Crippen LogP contribution in [0.5, 0.6) is 0 Å². The molecule has 3 heterocycles. The molecular weight excluding hydrogens is 691 g/mol. The number of hydrogen-bond donors (Lipinski definition) is 0. The van der Waals surface area contributed by atoms with E-state index in [-0.39, 0.29) is 0 Å². The molecule has 268 valence electrons. The highest BCUT2D eigenvalue weighted by Crippen LogP contribution is 2.44. The van der Waals surface area contributed by atoms with Crippen molar-refractivity contribution in [1.82, 2.24) is 14.1 Å². The molecule has 0 saturated carbocycles. The summed E-state index contributed by atoms with van der Waals surface area (Å²) in [4.78, 5) is 5.37. The van der Waals surface area contributed by atoms with Gasteiger partial charge in [-0.25, -0.2) is 0 Å². The molecule has 12 rings (SSSR count). The normalized spacial score (nSPS) is 12.1. The third-order valence-corrected chi connectivity index (χ3v) is 12.5. The number of benzene rings is 9. The minimum atomic E-state index is 1.03. The van der Waals surface area contributed by atoms with Gasteiger partial charge in [-0.3, -0.25) is 4.98 Å². The van der Waals surface area contributed by atoms with Crippen LogP contribution in [-0.4, -0.2) is 14.1 Å². The number of hydrogen-bond acceptors (Lipinski definition) is 1. The number of aryl methyl sites for hydroxylation is 2. The van der Waals surface area contributed by atoms with Crippen molar-refractivity contribution in [2.24, 2.45) is 0 Å². The van der Waals surface area contributed by atoms with Crippen molar-refractivity contribution < 1.29 is 0 Å². The Morgan fingerprint density at radius 3 is 1.33 bits per heavy atom. The average molecular weight is 728 g/mol. The van der Waals surface area contributed by atoms with Crippen LogP contribution in [0.15, 0.2) is 170 Å². The molecule has 0 saturated heterocycles. The van der Waals surface area contributed by atoms with Crippen LogP contribution in [0.25, 0.3) is 110 Å². The number of pyridine rings is 1. The second-order valence-corrected chi connectivity index (χ2v) is 15.6. The summed E-state index contributed by atoms with van der Waals surface area (Å²) in [5, 5.41) is 12.7. The fraction of sp³-hybridized carbons (Fsp3) is 0.0556. The highest BCUT2D eigenvalue weighted by atomic mass is 15.0. The largest absolute Gasteiger partial charge is 0.309 e. The Kier molecular flexibility index (Phi) is 6.68. The van der Waals surface area contributed by atoms with Crippen LogP contribution in [0, 0.1) is 20.8 Å². The Hall–Kier alpha value is -7.23. The van der Waals surface area contributed by atoms with Crippen LogP contribution >= 0.6 is 0 Å². The van der Waals surface area contributed by atoms with E-state index in [4.69, 9.17) is 4.98 Å². The van der Waals surface area contributed by atoms with Gasteiger partial charge in [0.1, 0.15) is 0 Å². The number of para-hydroxylation sites is 4. The van der Waals surface area contributed by atoms with Crippen molar-refractivity contribution in [2.45, 2.75) is 20.8 Å². The summed E-state index contributed by atoms with van der Waals surface area (Å²) in [7, 11) is 0. The highest BCUT2D eigenvalue weighted by Gasteiger charge is 2.22. The molecule has 0 amide bonds. The van der Waals surface area contributed by atoms with Gasteiger partial charge in [0.25, 0.3) is 0 Å². The predicted octanol–water partition coefficient (Wildman–Crippen LogP) is 14.4. The quantitative estimate of drug-likeness (QED) is 0.166.